The molecule has 4 unspecified atom stereocenters. The van der Waals surface area contributed by atoms with Crippen molar-refractivity contribution < 1.29 is 14.7 Å². The van der Waals surface area contributed by atoms with E-state index in [4.69, 9.17) is 5.11 Å². The summed E-state index contributed by atoms with van der Waals surface area (Å²) in [6.45, 7) is 5.84. The molecule has 0 heterocycles. The van der Waals surface area contributed by atoms with Crippen molar-refractivity contribution in [3.05, 3.63) is 0 Å². The summed E-state index contributed by atoms with van der Waals surface area (Å²) in [6.07, 6.45) is 5.24. The lowest BCUT2D eigenvalue weighted by atomic mass is 9.84. The lowest BCUT2D eigenvalue weighted by molar-refractivity contribution is -0.140. The number of hydrogen-bond acceptors (Lipinski definition) is 2. The van der Waals surface area contributed by atoms with E-state index in [-0.39, 0.29) is 17.9 Å². The summed E-state index contributed by atoms with van der Waals surface area (Å²) in [5.41, 5.74) is -0.398. The van der Waals surface area contributed by atoms with Crippen LogP contribution in [0.15, 0.2) is 0 Å². The first kappa shape index (κ1) is 13.9. The Morgan fingerprint density at radius 3 is 2.35 bits per heavy atom. The highest BCUT2D eigenvalue weighted by Crippen LogP contribution is 2.58. The summed E-state index contributed by atoms with van der Waals surface area (Å²) < 4.78 is 0. The molecule has 3 aliphatic carbocycles. The van der Waals surface area contributed by atoms with Gasteiger partial charge in [0.1, 0.15) is 0 Å². The van der Waals surface area contributed by atoms with Crippen LogP contribution in [0.4, 0.5) is 0 Å². The number of nitrogens with one attached hydrogen (secondary N) is 1. The van der Waals surface area contributed by atoms with Gasteiger partial charge >= 0.3 is 5.97 Å². The van der Waals surface area contributed by atoms with E-state index in [0.29, 0.717) is 5.92 Å². The van der Waals surface area contributed by atoms with Crippen LogP contribution in [0.1, 0.15) is 46.5 Å². The molecule has 0 saturated heterocycles. The van der Waals surface area contributed by atoms with Crippen LogP contribution >= 0.6 is 0 Å². The second-order valence-electron chi connectivity index (χ2n) is 7.75. The molecule has 20 heavy (non-hydrogen) atoms. The monoisotopic (exact) mass is 279 g/mol. The van der Waals surface area contributed by atoms with E-state index >= 15 is 0 Å². The molecule has 3 saturated carbocycles. The third kappa shape index (κ3) is 2.04. The third-order valence-electron chi connectivity index (χ3n) is 6.18. The lowest BCUT2D eigenvalue weighted by Crippen LogP contribution is -2.41. The molecule has 3 rings (SSSR count). The highest BCUT2D eigenvalue weighted by Gasteiger charge is 2.66. The molecule has 0 aliphatic heterocycles. The molecule has 2 N–H and O–H groups in total. The van der Waals surface area contributed by atoms with Crippen LogP contribution in [-0.4, -0.2) is 23.0 Å². The Kier molecular flexibility index (Phi) is 3.11. The third-order valence-corrected chi connectivity index (χ3v) is 6.18. The summed E-state index contributed by atoms with van der Waals surface area (Å²) in [5.74, 6) is 0.463. The topological polar surface area (TPSA) is 66.4 Å². The normalized spacial score (nSPS) is 42.2. The van der Waals surface area contributed by atoms with E-state index in [0.717, 1.165) is 11.8 Å². The molecular formula is C16H25NO3. The van der Waals surface area contributed by atoms with E-state index in [9.17, 15) is 9.59 Å². The van der Waals surface area contributed by atoms with E-state index in [1.54, 1.807) is 0 Å². The summed E-state index contributed by atoms with van der Waals surface area (Å²) >= 11 is 0. The maximum atomic E-state index is 12.3. The maximum absolute atomic E-state index is 12.3. The SMILES string of the molecule is CC(NC(=O)[C@H]1[C@@H](C(=O)O)C1(C)C)C1CC2CCC1C2. The zero-order chi connectivity index (χ0) is 14.7. The van der Waals surface area contributed by atoms with Crippen molar-refractivity contribution in [2.75, 3.05) is 0 Å². The highest BCUT2D eigenvalue weighted by atomic mass is 16.4. The van der Waals surface area contributed by atoms with Crippen molar-refractivity contribution in [3.8, 4) is 0 Å². The summed E-state index contributed by atoms with van der Waals surface area (Å²) in [6, 6.07) is 0.184. The average molecular weight is 279 g/mol. The minimum Gasteiger partial charge on any atom is -0.481 e. The van der Waals surface area contributed by atoms with Gasteiger partial charge in [-0.2, -0.15) is 0 Å². The van der Waals surface area contributed by atoms with Crippen molar-refractivity contribution in [1.82, 2.24) is 5.32 Å². The second kappa shape index (κ2) is 4.47. The molecule has 0 radical (unpaired) electrons. The quantitative estimate of drug-likeness (QED) is 0.829. The molecule has 3 fully saturated rings. The van der Waals surface area contributed by atoms with Gasteiger partial charge in [-0.15, -0.1) is 0 Å². The fraction of sp³-hybridized carbons (Fsp3) is 0.875. The van der Waals surface area contributed by atoms with Gasteiger partial charge in [-0.3, -0.25) is 9.59 Å². The van der Waals surface area contributed by atoms with Crippen LogP contribution in [0, 0.1) is 35.0 Å². The van der Waals surface area contributed by atoms with Gasteiger partial charge in [0, 0.05) is 6.04 Å². The van der Waals surface area contributed by atoms with Gasteiger partial charge in [-0.25, -0.2) is 0 Å². The average Bonchev–Trinajstić information content (AvgIpc) is 2.73. The maximum Gasteiger partial charge on any atom is 0.307 e. The van der Waals surface area contributed by atoms with Crippen molar-refractivity contribution in [3.63, 3.8) is 0 Å². The Bertz CT molecular complexity index is 445. The Labute approximate surface area is 120 Å². The molecule has 4 nitrogen and oxygen atoms in total. The predicted octanol–water partition coefficient (Wildman–Crippen LogP) is 2.28. The molecule has 0 aromatic rings. The van der Waals surface area contributed by atoms with Crippen LogP contribution in [0.25, 0.3) is 0 Å². The first-order valence-corrected chi connectivity index (χ1v) is 7.85. The molecule has 0 aromatic carbocycles. The highest BCUT2D eigenvalue weighted by molar-refractivity contribution is 5.91. The molecule has 112 valence electrons. The van der Waals surface area contributed by atoms with Crippen LogP contribution in [0.2, 0.25) is 0 Å². The molecule has 1 amide bonds. The van der Waals surface area contributed by atoms with E-state index in [2.05, 4.69) is 12.2 Å². The number of carboxylic acids is 1. The number of amides is 1. The number of rotatable bonds is 4. The van der Waals surface area contributed by atoms with Gasteiger partial charge in [-0.05, 0) is 49.4 Å². The Morgan fingerprint density at radius 1 is 1.20 bits per heavy atom. The smallest absolute Gasteiger partial charge is 0.307 e. The Balaban J connectivity index is 1.58. The molecule has 0 spiro atoms. The number of hydrogen-bond donors (Lipinski definition) is 2. The van der Waals surface area contributed by atoms with Crippen LogP contribution < -0.4 is 5.32 Å². The largest absolute Gasteiger partial charge is 0.481 e. The minimum absolute atomic E-state index is 0.0577. The summed E-state index contributed by atoms with van der Waals surface area (Å²) in [7, 11) is 0. The lowest BCUT2D eigenvalue weighted by Gasteiger charge is -2.28. The number of carboxylic acid groups (broad SMARTS) is 1. The van der Waals surface area contributed by atoms with Gasteiger partial charge in [0.2, 0.25) is 5.91 Å². The number of carbonyl (C=O) groups is 2. The molecule has 3 aliphatic rings. The predicted molar refractivity (Wildman–Crippen MR) is 74.9 cm³/mol. The Hall–Kier alpha value is -1.06. The fourth-order valence-electron chi connectivity index (χ4n) is 4.92. The first-order chi connectivity index (χ1) is 9.32. The van der Waals surface area contributed by atoms with Crippen molar-refractivity contribution in [2.45, 2.75) is 52.5 Å². The fourth-order valence-corrected chi connectivity index (χ4v) is 4.92. The second-order valence-corrected chi connectivity index (χ2v) is 7.75. The molecule has 2 bridgehead atoms. The molecule has 6 atom stereocenters. The van der Waals surface area contributed by atoms with Gasteiger partial charge < -0.3 is 10.4 Å². The standard InChI is InChI=1S/C16H25NO3/c1-8(11-7-9-4-5-10(11)6-9)17-14(18)12-13(15(19)20)16(12,2)3/h8-13H,4-7H2,1-3H3,(H,17,18)(H,19,20)/t8?,9?,10?,11?,12-,13+/m1/s1. The van der Waals surface area contributed by atoms with Gasteiger partial charge in [0.25, 0.3) is 0 Å². The minimum atomic E-state index is -0.845. The zero-order valence-corrected chi connectivity index (χ0v) is 12.6. The summed E-state index contributed by atoms with van der Waals surface area (Å²) in [4.78, 5) is 23.5. The summed E-state index contributed by atoms with van der Waals surface area (Å²) in [5, 5.41) is 12.3. The number of fused-ring (bicyclic) bond motifs is 2. The van der Waals surface area contributed by atoms with Crippen LogP contribution in [0.5, 0.6) is 0 Å². The molecule has 0 aromatic heterocycles. The van der Waals surface area contributed by atoms with Crippen LogP contribution in [-0.2, 0) is 9.59 Å². The van der Waals surface area contributed by atoms with Gasteiger partial charge in [0.15, 0.2) is 0 Å². The number of carbonyl (C=O) groups excluding carboxylic acids is 1. The number of aliphatic carboxylic acids is 1. The van der Waals surface area contributed by atoms with Gasteiger partial charge in [0.05, 0.1) is 11.8 Å². The van der Waals surface area contributed by atoms with E-state index in [1.807, 2.05) is 13.8 Å². The van der Waals surface area contributed by atoms with Crippen molar-refractivity contribution in [2.24, 2.45) is 35.0 Å². The van der Waals surface area contributed by atoms with Crippen molar-refractivity contribution >= 4 is 11.9 Å². The van der Waals surface area contributed by atoms with E-state index < -0.39 is 17.3 Å². The molecular weight excluding hydrogens is 254 g/mol. The zero-order valence-electron chi connectivity index (χ0n) is 12.6. The first-order valence-electron chi connectivity index (χ1n) is 7.85. The van der Waals surface area contributed by atoms with Crippen LogP contribution in [0.3, 0.4) is 0 Å². The van der Waals surface area contributed by atoms with E-state index in [1.165, 1.54) is 25.7 Å². The Morgan fingerprint density at radius 2 is 1.90 bits per heavy atom. The molecule has 4 heteroatoms. The van der Waals surface area contributed by atoms with Gasteiger partial charge in [-0.1, -0.05) is 20.3 Å². The van der Waals surface area contributed by atoms with Crippen molar-refractivity contribution in [1.29, 1.82) is 0 Å².